The van der Waals surface area contributed by atoms with Crippen molar-refractivity contribution in [1.29, 1.82) is 0 Å². The van der Waals surface area contributed by atoms with Crippen molar-refractivity contribution >= 4 is 11.3 Å². The van der Waals surface area contributed by atoms with Crippen LogP contribution in [0.5, 0.6) is 0 Å². The number of likely N-dealkylation sites (N-methyl/N-ethyl adjacent to an activating group) is 1. The minimum atomic E-state index is -0.672. The van der Waals surface area contributed by atoms with E-state index in [0.717, 1.165) is 13.0 Å². The largest absolute Gasteiger partial charge is 0.388 e. The first kappa shape index (κ1) is 14.6. The van der Waals surface area contributed by atoms with Crippen LogP contribution < -0.4 is 5.32 Å². The highest BCUT2D eigenvalue weighted by molar-refractivity contribution is 7.11. The van der Waals surface area contributed by atoms with Gasteiger partial charge in [0.05, 0.1) is 5.60 Å². The number of nitrogens with one attached hydrogen (secondary N) is 1. The standard InChI is InChI=1S/C13H24N2OS/c1-5-11-6-7-12(17-11)8-14-9-13(2,16)10-15(3)4/h6-7,14,16H,5,8-10H2,1-4H3. The minimum Gasteiger partial charge on any atom is -0.388 e. The maximum absolute atomic E-state index is 10.1. The third kappa shape index (κ3) is 5.64. The molecule has 4 heteroatoms. The van der Waals surface area contributed by atoms with E-state index in [0.29, 0.717) is 13.1 Å². The second kappa shape index (κ2) is 6.50. The van der Waals surface area contributed by atoms with Crippen LogP contribution in [-0.4, -0.2) is 42.8 Å². The number of hydrogen-bond donors (Lipinski definition) is 2. The Balaban J connectivity index is 2.31. The third-order valence-corrected chi connectivity index (χ3v) is 3.76. The van der Waals surface area contributed by atoms with Crippen LogP contribution in [0.15, 0.2) is 12.1 Å². The molecular weight excluding hydrogens is 232 g/mol. The molecule has 0 spiro atoms. The summed E-state index contributed by atoms with van der Waals surface area (Å²) < 4.78 is 0. The van der Waals surface area contributed by atoms with Gasteiger partial charge in [-0.15, -0.1) is 11.3 Å². The van der Waals surface area contributed by atoms with E-state index in [1.165, 1.54) is 9.75 Å². The number of aliphatic hydroxyl groups is 1. The Labute approximate surface area is 108 Å². The average molecular weight is 256 g/mol. The van der Waals surface area contributed by atoms with E-state index in [1.807, 2.05) is 37.3 Å². The molecule has 17 heavy (non-hydrogen) atoms. The molecule has 0 aliphatic heterocycles. The molecule has 0 saturated carbocycles. The Morgan fingerprint density at radius 1 is 1.35 bits per heavy atom. The summed E-state index contributed by atoms with van der Waals surface area (Å²) in [5.74, 6) is 0. The molecule has 1 heterocycles. The van der Waals surface area contributed by atoms with E-state index < -0.39 is 5.60 Å². The lowest BCUT2D eigenvalue weighted by molar-refractivity contribution is 0.0336. The van der Waals surface area contributed by atoms with Crippen molar-refractivity contribution in [1.82, 2.24) is 10.2 Å². The Bertz CT molecular complexity index is 334. The van der Waals surface area contributed by atoms with Crippen molar-refractivity contribution in [2.75, 3.05) is 27.2 Å². The van der Waals surface area contributed by atoms with Crippen LogP contribution in [0, 0.1) is 0 Å². The van der Waals surface area contributed by atoms with E-state index in [9.17, 15) is 5.11 Å². The van der Waals surface area contributed by atoms with Gasteiger partial charge in [-0.3, -0.25) is 0 Å². The molecule has 3 nitrogen and oxygen atoms in total. The maximum atomic E-state index is 10.1. The summed E-state index contributed by atoms with van der Waals surface area (Å²) in [5.41, 5.74) is -0.672. The van der Waals surface area contributed by atoms with E-state index >= 15 is 0 Å². The SMILES string of the molecule is CCc1ccc(CNCC(C)(O)CN(C)C)s1. The van der Waals surface area contributed by atoms with Gasteiger partial charge in [0.15, 0.2) is 0 Å². The van der Waals surface area contributed by atoms with Crippen molar-refractivity contribution in [3.63, 3.8) is 0 Å². The Hall–Kier alpha value is -0.420. The molecule has 0 fully saturated rings. The highest BCUT2D eigenvalue weighted by Crippen LogP contribution is 2.16. The van der Waals surface area contributed by atoms with Gasteiger partial charge in [-0.25, -0.2) is 0 Å². The Morgan fingerprint density at radius 3 is 2.53 bits per heavy atom. The first-order valence-corrected chi connectivity index (χ1v) is 6.90. The quantitative estimate of drug-likeness (QED) is 0.779. The van der Waals surface area contributed by atoms with Gasteiger partial charge in [0.25, 0.3) is 0 Å². The van der Waals surface area contributed by atoms with Crippen LogP contribution in [-0.2, 0) is 13.0 Å². The first-order chi connectivity index (χ1) is 7.93. The topological polar surface area (TPSA) is 35.5 Å². The van der Waals surface area contributed by atoms with Crippen molar-refractivity contribution in [3.8, 4) is 0 Å². The van der Waals surface area contributed by atoms with Gasteiger partial charge in [-0.2, -0.15) is 0 Å². The fourth-order valence-corrected chi connectivity index (χ4v) is 2.83. The fourth-order valence-electron chi connectivity index (χ4n) is 1.90. The van der Waals surface area contributed by atoms with Gasteiger partial charge in [0.2, 0.25) is 0 Å². The Kier molecular flexibility index (Phi) is 5.59. The van der Waals surface area contributed by atoms with Gasteiger partial charge >= 0.3 is 0 Å². The number of hydrogen-bond acceptors (Lipinski definition) is 4. The highest BCUT2D eigenvalue weighted by Gasteiger charge is 2.20. The monoisotopic (exact) mass is 256 g/mol. The van der Waals surface area contributed by atoms with Gasteiger partial charge < -0.3 is 15.3 Å². The molecule has 0 radical (unpaired) electrons. The van der Waals surface area contributed by atoms with Crippen LogP contribution in [0.2, 0.25) is 0 Å². The van der Waals surface area contributed by atoms with E-state index in [-0.39, 0.29) is 0 Å². The van der Waals surface area contributed by atoms with E-state index in [1.54, 1.807) is 0 Å². The molecule has 1 unspecified atom stereocenters. The summed E-state index contributed by atoms with van der Waals surface area (Å²) in [6.07, 6.45) is 1.10. The molecule has 0 aliphatic carbocycles. The van der Waals surface area contributed by atoms with Crippen molar-refractivity contribution < 1.29 is 5.11 Å². The van der Waals surface area contributed by atoms with Gasteiger partial charge in [0, 0.05) is 29.4 Å². The summed E-state index contributed by atoms with van der Waals surface area (Å²) in [7, 11) is 3.95. The fraction of sp³-hybridized carbons (Fsp3) is 0.692. The van der Waals surface area contributed by atoms with Crippen LogP contribution >= 0.6 is 11.3 Å². The van der Waals surface area contributed by atoms with Crippen molar-refractivity contribution in [3.05, 3.63) is 21.9 Å². The number of rotatable bonds is 7. The van der Waals surface area contributed by atoms with E-state index in [4.69, 9.17) is 0 Å². The van der Waals surface area contributed by atoms with Gasteiger partial charge in [0.1, 0.15) is 0 Å². The highest BCUT2D eigenvalue weighted by atomic mass is 32.1. The normalized spacial score (nSPS) is 15.2. The third-order valence-electron chi connectivity index (χ3n) is 2.53. The maximum Gasteiger partial charge on any atom is 0.0869 e. The van der Waals surface area contributed by atoms with Crippen molar-refractivity contribution in [2.24, 2.45) is 0 Å². The molecule has 0 amide bonds. The summed E-state index contributed by atoms with van der Waals surface area (Å²) in [6, 6.07) is 4.34. The van der Waals surface area contributed by atoms with Crippen LogP contribution in [0.4, 0.5) is 0 Å². The second-order valence-electron chi connectivity index (χ2n) is 5.06. The van der Waals surface area contributed by atoms with Crippen LogP contribution in [0.3, 0.4) is 0 Å². The number of aryl methyl sites for hydroxylation is 1. The predicted molar refractivity (Wildman–Crippen MR) is 74.6 cm³/mol. The Morgan fingerprint density at radius 2 is 2.00 bits per heavy atom. The van der Waals surface area contributed by atoms with Crippen LogP contribution in [0.25, 0.3) is 0 Å². The zero-order chi connectivity index (χ0) is 12.9. The zero-order valence-corrected chi connectivity index (χ0v) is 12.1. The lowest BCUT2D eigenvalue weighted by atomic mass is 10.1. The lowest BCUT2D eigenvalue weighted by Crippen LogP contribution is -2.45. The summed E-state index contributed by atoms with van der Waals surface area (Å²) in [6.45, 7) is 6.17. The predicted octanol–water partition coefficient (Wildman–Crippen LogP) is 1.71. The number of thiophene rings is 1. The molecule has 1 aromatic heterocycles. The zero-order valence-electron chi connectivity index (χ0n) is 11.3. The number of nitrogens with zero attached hydrogens (tertiary/aromatic N) is 1. The average Bonchev–Trinajstić information content (AvgIpc) is 2.63. The van der Waals surface area contributed by atoms with Crippen LogP contribution in [0.1, 0.15) is 23.6 Å². The molecule has 0 saturated heterocycles. The molecule has 1 rings (SSSR count). The molecule has 1 atom stereocenters. The molecule has 1 aromatic rings. The molecule has 0 aromatic carbocycles. The summed E-state index contributed by atoms with van der Waals surface area (Å²) in [5, 5.41) is 13.4. The molecule has 2 N–H and O–H groups in total. The lowest BCUT2D eigenvalue weighted by Gasteiger charge is -2.27. The van der Waals surface area contributed by atoms with Crippen molar-refractivity contribution in [2.45, 2.75) is 32.4 Å². The van der Waals surface area contributed by atoms with Gasteiger partial charge in [-0.1, -0.05) is 6.92 Å². The molecule has 98 valence electrons. The molecule has 0 aliphatic rings. The second-order valence-corrected chi connectivity index (χ2v) is 6.31. The first-order valence-electron chi connectivity index (χ1n) is 6.08. The molecular formula is C13H24N2OS. The van der Waals surface area contributed by atoms with Gasteiger partial charge in [-0.05, 0) is 39.6 Å². The summed E-state index contributed by atoms with van der Waals surface area (Å²) in [4.78, 5) is 4.76. The smallest absolute Gasteiger partial charge is 0.0869 e. The molecule has 0 bridgehead atoms. The summed E-state index contributed by atoms with van der Waals surface area (Å²) >= 11 is 1.84. The van der Waals surface area contributed by atoms with E-state index in [2.05, 4.69) is 24.4 Å². The minimum absolute atomic E-state index is 0.616.